The maximum atomic E-state index is 6.22. The Morgan fingerprint density at radius 1 is 0.885 bits per heavy atom. The summed E-state index contributed by atoms with van der Waals surface area (Å²) in [6.45, 7) is 12.3. The minimum Gasteiger partial charge on any atom is -0.491 e. The van der Waals surface area contributed by atoms with E-state index >= 15 is 0 Å². The molecule has 0 heterocycles. The molecular formula is C23H33NO2. The van der Waals surface area contributed by atoms with Gasteiger partial charge in [-0.15, -0.1) is 0 Å². The van der Waals surface area contributed by atoms with E-state index in [0.717, 1.165) is 30.2 Å². The SMILES string of the molecule is CCC(C)c1ccccc1OC(C)CNc1ccccc1OCC(C)C. The molecule has 0 aliphatic carbocycles. The second kappa shape index (κ2) is 10.1. The quantitative estimate of drug-likeness (QED) is 0.557. The fraction of sp³-hybridized carbons (Fsp3) is 0.478. The maximum Gasteiger partial charge on any atom is 0.142 e. The van der Waals surface area contributed by atoms with Crippen LogP contribution in [-0.4, -0.2) is 19.3 Å². The third kappa shape index (κ3) is 5.98. The predicted octanol–water partition coefficient (Wildman–Crippen LogP) is 6.11. The summed E-state index contributed by atoms with van der Waals surface area (Å²) in [5.74, 6) is 2.88. The number of para-hydroxylation sites is 3. The summed E-state index contributed by atoms with van der Waals surface area (Å²) in [5, 5.41) is 3.47. The Kier molecular flexibility index (Phi) is 7.83. The molecule has 142 valence electrons. The van der Waals surface area contributed by atoms with E-state index in [9.17, 15) is 0 Å². The highest BCUT2D eigenvalue weighted by Gasteiger charge is 2.13. The van der Waals surface area contributed by atoms with Crippen molar-refractivity contribution in [3.63, 3.8) is 0 Å². The third-order valence-corrected chi connectivity index (χ3v) is 4.43. The van der Waals surface area contributed by atoms with Crippen LogP contribution in [0.15, 0.2) is 48.5 Å². The Balaban J connectivity index is 1.97. The lowest BCUT2D eigenvalue weighted by Gasteiger charge is -2.21. The van der Waals surface area contributed by atoms with Crippen LogP contribution in [0.3, 0.4) is 0 Å². The van der Waals surface area contributed by atoms with Gasteiger partial charge in [-0.2, -0.15) is 0 Å². The normalized spacial score (nSPS) is 13.3. The van der Waals surface area contributed by atoms with Gasteiger partial charge < -0.3 is 14.8 Å². The van der Waals surface area contributed by atoms with Crippen LogP contribution >= 0.6 is 0 Å². The van der Waals surface area contributed by atoms with Gasteiger partial charge in [-0.25, -0.2) is 0 Å². The van der Waals surface area contributed by atoms with Crippen molar-refractivity contribution in [1.29, 1.82) is 0 Å². The summed E-state index contributed by atoms with van der Waals surface area (Å²) in [5.41, 5.74) is 2.29. The molecular weight excluding hydrogens is 322 g/mol. The lowest BCUT2D eigenvalue weighted by molar-refractivity contribution is 0.231. The molecule has 1 N–H and O–H groups in total. The predicted molar refractivity (Wildman–Crippen MR) is 111 cm³/mol. The minimum atomic E-state index is 0.0540. The van der Waals surface area contributed by atoms with Gasteiger partial charge in [0.15, 0.2) is 0 Å². The van der Waals surface area contributed by atoms with Crippen molar-refractivity contribution in [3.8, 4) is 11.5 Å². The standard InChI is InChI=1S/C23H33NO2/c1-6-18(4)20-11-7-9-13-22(20)26-19(5)15-24-21-12-8-10-14-23(21)25-16-17(2)3/h7-14,17-19,24H,6,15-16H2,1-5H3. The first-order valence-electron chi connectivity index (χ1n) is 9.72. The molecule has 3 nitrogen and oxygen atoms in total. The van der Waals surface area contributed by atoms with E-state index in [0.29, 0.717) is 18.4 Å². The zero-order valence-electron chi connectivity index (χ0n) is 16.8. The van der Waals surface area contributed by atoms with Crippen molar-refractivity contribution in [2.75, 3.05) is 18.5 Å². The third-order valence-electron chi connectivity index (χ3n) is 4.43. The molecule has 0 aromatic heterocycles. The summed E-state index contributed by atoms with van der Waals surface area (Å²) < 4.78 is 12.1. The molecule has 0 saturated carbocycles. The first-order valence-corrected chi connectivity index (χ1v) is 9.72. The minimum absolute atomic E-state index is 0.0540. The highest BCUT2D eigenvalue weighted by Crippen LogP contribution is 2.29. The number of nitrogens with one attached hydrogen (secondary N) is 1. The molecule has 3 heteroatoms. The Labute approximate surface area is 158 Å². The van der Waals surface area contributed by atoms with Gasteiger partial charge in [-0.3, -0.25) is 0 Å². The van der Waals surface area contributed by atoms with Crippen LogP contribution < -0.4 is 14.8 Å². The first kappa shape index (κ1) is 20.2. The molecule has 0 spiro atoms. The summed E-state index contributed by atoms with van der Waals surface area (Å²) in [7, 11) is 0. The molecule has 0 aliphatic rings. The second-order valence-corrected chi connectivity index (χ2v) is 7.36. The van der Waals surface area contributed by atoms with Crippen molar-refractivity contribution >= 4 is 5.69 Å². The second-order valence-electron chi connectivity index (χ2n) is 7.36. The van der Waals surface area contributed by atoms with Gasteiger partial charge in [-0.1, -0.05) is 58.0 Å². The summed E-state index contributed by atoms with van der Waals surface area (Å²) >= 11 is 0. The van der Waals surface area contributed by atoms with Gasteiger partial charge in [-0.05, 0) is 48.9 Å². The van der Waals surface area contributed by atoms with Crippen LogP contribution in [-0.2, 0) is 0 Å². The molecule has 0 aliphatic heterocycles. The summed E-state index contributed by atoms with van der Waals surface area (Å²) in [6, 6.07) is 16.4. The average molecular weight is 356 g/mol. The average Bonchev–Trinajstić information content (AvgIpc) is 2.65. The van der Waals surface area contributed by atoms with Crippen LogP contribution in [0.1, 0.15) is 52.5 Å². The molecule has 0 fully saturated rings. The summed E-state index contributed by atoms with van der Waals surface area (Å²) in [4.78, 5) is 0. The van der Waals surface area contributed by atoms with E-state index in [1.165, 1.54) is 5.56 Å². The number of hydrogen-bond donors (Lipinski definition) is 1. The highest BCUT2D eigenvalue weighted by molar-refractivity contribution is 5.56. The van der Waals surface area contributed by atoms with Crippen LogP contribution in [0.25, 0.3) is 0 Å². The van der Waals surface area contributed by atoms with Gasteiger partial charge in [0.05, 0.1) is 18.8 Å². The maximum absolute atomic E-state index is 6.22. The topological polar surface area (TPSA) is 30.5 Å². The lowest BCUT2D eigenvalue weighted by Crippen LogP contribution is -2.23. The molecule has 2 aromatic carbocycles. The van der Waals surface area contributed by atoms with Crippen molar-refractivity contribution in [2.24, 2.45) is 5.92 Å². The molecule has 0 bridgehead atoms. The summed E-state index contributed by atoms with van der Waals surface area (Å²) in [6.07, 6.45) is 1.16. The number of anilines is 1. The molecule has 2 atom stereocenters. The van der Waals surface area contributed by atoms with Crippen LogP contribution in [0.5, 0.6) is 11.5 Å². The van der Waals surface area contributed by atoms with Gasteiger partial charge in [0.25, 0.3) is 0 Å². The fourth-order valence-corrected chi connectivity index (χ4v) is 2.72. The van der Waals surface area contributed by atoms with Crippen LogP contribution in [0, 0.1) is 5.92 Å². The van der Waals surface area contributed by atoms with E-state index in [1.807, 2.05) is 24.3 Å². The number of ether oxygens (including phenoxy) is 2. The van der Waals surface area contributed by atoms with E-state index in [4.69, 9.17) is 9.47 Å². The number of rotatable bonds is 10. The Hall–Kier alpha value is -2.16. The van der Waals surface area contributed by atoms with Crippen LogP contribution in [0.4, 0.5) is 5.69 Å². The largest absolute Gasteiger partial charge is 0.491 e. The number of benzene rings is 2. The van der Waals surface area contributed by atoms with Crippen molar-refractivity contribution in [3.05, 3.63) is 54.1 Å². The van der Waals surface area contributed by atoms with E-state index in [-0.39, 0.29) is 6.10 Å². The molecule has 26 heavy (non-hydrogen) atoms. The van der Waals surface area contributed by atoms with E-state index in [2.05, 4.69) is 64.2 Å². The van der Waals surface area contributed by atoms with E-state index in [1.54, 1.807) is 0 Å². The Morgan fingerprint density at radius 2 is 1.54 bits per heavy atom. The van der Waals surface area contributed by atoms with Crippen molar-refractivity contribution < 1.29 is 9.47 Å². The van der Waals surface area contributed by atoms with Crippen molar-refractivity contribution in [2.45, 2.75) is 53.1 Å². The van der Waals surface area contributed by atoms with Gasteiger partial charge in [0, 0.05) is 0 Å². The zero-order chi connectivity index (χ0) is 18.9. The van der Waals surface area contributed by atoms with Gasteiger partial charge in [0.2, 0.25) is 0 Å². The molecule has 2 unspecified atom stereocenters. The number of hydrogen-bond acceptors (Lipinski definition) is 3. The van der Waals surface area contributed by atoms with Crippen LogP contribution in [0.2, 0.25) is 0 Å². The monoisotopic (exact) mass is 355 g/mol. The Bertz CT molecular complexity index is 669. The van der Waals surface area contributed by atoms with Crippen molar-refractivity contribution in [1.82, 2.24) is 0 Å². The lowest BCUT2D eigenvalue weighted by atomic mass is 9.98. The smallest absolute Gasteiger partial charge is 0.142 e. The zero-order valence-corrected chi connectivity index (χ0v) is 16.8. The molecule has 0 radical (unpaired) electrons. The fourth-order valence-electron chi connectivity index (χ4n) is 2.72. The van der Waals surface area contributed by atoms with Gasteiger partial charge in [0.1, 0.15) is 17.6 Å². The Morgan fingerprint density at radius 3 is 2.23 bits per heavy atom. The molecule has 2 rings (SSSR count). The molecule has 0 amide bonds. The van der Waals surface area contributed by atoms with E-state index < -0.39 is 0 Å². The van der Waals surface area contributed by atoms with Gasteiger partial charge >= 0.3 is 0 Å². The highest BCUT2D eigenvalue weighted by atomic mass is 16.5. The first-order chi connectivity index (χ1) is 12.5. The molecule has 2 aromatic rings. The molecule has 0 saturated heterocycles.